The molecule has 4 heteroatoms. The van der Waals surface area contributed by atoms with Crippen LogP contribution in [0.5, 0.6) is 0 Å². The fraction of sp³-hybridized carbons (Fsp3) is 0.833. The lowest BCUT2D eigenvalue weighted by Crippen LogP contribution is -2.50. The Kier molecular flexibility index (Phi) is 4.31. The Morgan fingerprint density at radius 1 is 1.38 bits per heavy atom. The molecule has 1 heterocycles. The Balaban J connectivity index is 2.69. The molecule has 0 N–H and O–H groups in total. The van der Waals surface area contributed by atoms with Crippen LogP contribution in [0.1, 0.15) is 27.7 Å². The van der Waals surface area contributed by atoms with Crippen LogP contribution in [0.15, 0.2) is 0 Å². The van der Waals surface area contributed by atoms with E-state index in [9.17, 15) is 4.79 Å². The first kappa shape index (κ1) is 13.0. The van der Waals surface area contributed by atoms with E-state index in [1.807, 2.05) is 27.7 Å². The van der Waals surface area contributed by atoms with Gasteiger partial charge in [0.05, 0.1) is 18.3 Å². The van der Waals surface area contributed by atoms with Gasteiger partial charge in [-0.2, -0.15) is 5.26 Å². The summed E-state index contributed by atoms with van der Waals surface area (Å²) < 4.78 is 5.56. The van der Waals surface area contributed by atoms with E-state index >= 15 is 0 Å². The molecule has 0 aromatic carbocycles. The molecule has 1 unspecified atom stereocenters. The minimum atomic E-state index is -0.530. The maximum absolute atomic E-state index is 12.1. The van der Waals surface area contributed by atoms with Crippen LogP contribution < -0.4 is 0 Å². The van der Waals surface area contributed by atoms with E-state index < -0.39 is 5.92 Å². The van der Waals surface area contributed by atoms with Crippen LogP contribution in [-0.4, -0.2) is 36.1 Å². The monoisotopic (exact) mass is 224 g/mol. The van der Waals surface area contributed by atoms with Gasteiger partial charge in [-0.1, -0.05) is 13.8 Å². The first-order valence-electron chi connectivity index (χ1n) is 5.79. The Morgan fingerprint density at radius 3 is 2.25 bits per heavy atom. The molecule has 0 bridgehead atoms. The predicted molar refractivity (Wildman–Crippen MR) is 60.5 cm³/mol. The topological polar surface area (TPSA) is 53.3 Å². The predicted octanol–water partition coefficient (Wildman–Crippen LogP) is 1.42. The summed E-state index contributed by atoms with van der Waals surface area (Å²) in [6.07, 6.45) is 0.110. The van der Waals surface area contributed by atoms with Crippen molar-refractivity contribution in [3.63, 3.8) is 0 Å². The molecule has 1 fully saturated rings. The van der Waals surface area contributed by atoms with Gasteiger partial charge in [0, 0.05) is 13.1 Å². The quantitative estimate of drug-likeness (QED) is 0.712. The van der Waals surface area contributed by atoms with Crippen molar-refractivity contribution >= 4 is 5.91 Å². The van der Waals surface area contributed by atoms with Gasteiger partial charge in [-0.3, -0.25) is 4.79 Å². The van der Waals surface area contributed by atoms with Crippen LogP contribution in [0.2, 0.25) is 0 Å². The van der Waals surface area contributed by atoms with Crippen LogP contribution in [0.25, 0.3) is 0 Å². The zero-order valence-electron chi connectivity index (χ0n) is 10.4. The van der Waals surface area contributed by atoms with E-state index in [4.69, 9.17) is 10.00 Å². The van der Waals surface area contributed by atoms with Crippen molar-refractivity contribution in [3.05, 3.63) is 0 Å². The summed E-state index contributed by atoms with van der Waals surface area (Å²) in [5.41, 5.74) is 0. The fourth-order valence-corrected chi connectivity index (χ4v) is 2.04. The number of morpholine rings is 1. The van der Waals surface area contributed by atoms with E-state index in [-0.39, 0.29) is 24.0 Å². The molecule has 16 heavy (non-hydrogen) atoms. The number of hydrogen-bond donors (Lipinski definition) is 0. The van der Waals surface area contributed by atoms with Gasteiger partial charge in [-0.05, 0) is 19.8 Å². The number of nitrogens with zero attached hydrogens (tertiary/aromatic N) is 2. The molecule has 0 radical (unpaired) electrons. The highest BCUT2D eigenvalue weighted by Gasteiger charge is 2.31. The number of ether oxygens (including phenoxy) is 1. The van der Waals surface area contributed by atoms with E-state index in [1.54, 1.807) is 4.90 Å². The molecule has 3 atom stereocenters. The zero-order valence-corrected chi connectivity index (χ0v) is 10.4. The molecule has 1 saturated heterocycles. The smallest absolute Gasteiger partial charge is 0.240 e. The van der Waals surface area contributed by atoms with Gasteiger partial charge >= 0.3 is 0 Å². The van der Waals surface area contributed by atoms with Crippen LogP contribution in [-0.2, 0) is 9.53 Å². The Hall–Kier alpha value is -1.08. The number of rotatable bonds is 2. The van der Waals surface area contributed by atoms with Crippen molar-refractivity contribution in [2.45, 2.75) is 39.9 Å². The maximum atomic E-state index is 12.1. The normalized spacial score (nSPS) is 27.6. The molecule has 4 nitrogen and oxygen atoms in total. The van der Waals surface area contributed by atoms with Gasteiger partial charge < -0.3 is 9.64 Å². The van der Waals surface area contributed by atoms with E-state index in [2.05, 4.69) is 6.07 Å². The zero-order chi connectivity index (χ0) is 12.3. The first-order chi connectivity index (χ1) is 7.45. The number of carbonyl (C=O) groups is 1. The number of amides is 1. The van der Waals surface area contributed by atoms with Crippen LogP contribution in [0, 0.1) is 23.2 Å². The second-order valence-electron chi connectivity index (χ2n) is 4.85. The van der Waals surface area contributed by atoms with E-state index in [0.717, 1.165) is 0 Å². The van der Waals surface area contributed by atoms with Gasteiger partial charge in [-0.15, -0.1) is 0 Å². The lowest BCUT2D eigenvalue weighted by atomic mass is 9.95. The molecule has 1 amide bonds. The molecule has 1 rings (SSSR count). The lowest BCUT2D eigenvalue weighted by Gasteiger charge is -2.36. The van der Waals surface area contributed by atoms with Crippen LogP contribution in [0.4, 0.5) is 0 Å². The average Bonchev–Trinajstić information content (AvgIpc) is 2.16. The molecular weight excluding hydrogens is 204 g/mol. The summed E-state index contributed by atoms with van der Waals surface area (Å²) in [6.45, 7) is 8.89. The highest BCUT2D eigenvalue weighted by atomic mass is 16.5. The highest BCUT2D eigenvalue weighted by Crippen LogP contribution is 2.18. The maximum Gasteiger partial charge on any atom is 0.240 e. The third kappa shape index (κ3) is 2.96. The van der Waals surface area contributed by atoms with Gasteiger partial charge in [0.15, 0.2) is 0 Å². The molecule has 0 aromatic heterocycles. The van der Waals surface area contributed by atoms with Crippen molar-refractivity contribution < 1.29 is 9.53 Å². The summed E-state index contributed by atoms with van der Waals surface area (Å²) in [4.78, 5) is 13.9. The van der Waals surface area contributed by atoms with Crippen molar-refractivity contribution in [2.24, 2.45) is 11.8 Å². The summed E-state index contributed by atoms with van der Waals surface area (Å²) >= 11 is 0. The van der Waals surface area contributed by atoms with Crippen molar-refractivity contribution in [1.29, 1.82) is 5.26 Å². The Bertz CT molecular complexity index is 286. The molecule has 0 saturated carbocycles. The Morgan fingerprint density at radius 2 is 1.88 bits per heavy atom. The minimum Gasteiger partial charge on any atom is -0.372 e. The molecular formula is C12H20N2O2. The molecule has 0 aromatic rings. The van der Waals surface area contributed by atoms with Gasteiger partial charge in [0.1, 0.15) is 5.92 Å². The van der Waals surface area contributed by atoms with Crippen molar-refractivity contribution in [1.82, 2.24) is 4.90 Å². The van der Waals surface area contributed by atoms with Gasteiger partial charge in [0.2, 0.25) is 5.91 Å². The van der Waals surface area contributed by atoms with Crippen LogP contribution >= 0.6 is 0 Å². The minimum absolute atomic E-state index is 0.0548. The third-order valence-electron chi connectivity index (χ3n) is 2.80. The molecule has 1 aliphatic heterocycles. The second-order valence-corrected chi connectivity index (χ2v) is 4.85. The SMILES string of the molecule is CC(C)C(C#N)C(=O)N1C[C@@H](C)O[C@@H](C)C1. The van der Waals surface area contributed by atoms with Gasteiger partial charge in [0.25, 0.3) is 0 Å². The second kappa shape index (κ2) is 5.31. The van der Waals surface area contributed by atoms with E-state index in [0.29, 0.717) is 13.1 Å². The average molecular weight is 224 g/mol. The highest BCUT2D eigenvalue weighted by molar-refractivity contribution is 5.81. The number of nitriles is 1. The molecule has 90 valence electrons. The molecule has 0 aliphatic carbocycles. The van der Waals surface area contributed by atoms with Crippen molar-refractivity contribution in [3.8, 4) is 6.07 Å². The lowest BCUT2D eigenvalue weighted by molar-refractivity contribution is -0.146. The van der Waals surface area contributed by atoms with Crippen LogP contribution in [0.3, 0.4) is 0 Å². The number of carbonyl (C=O) groups excluding carboxylic acids is 1. The largest absolute Gasteiger partial charge is 0.372 e. The Labute approximate surface area is 97.2 Å². The summed E-state index contributed by atoms with van der Waals surface area (Å²) in [5.74, 6) is -0.525. The van der Waals surface area contributed by atoms with Gasteiger partial charge in [-0.25, -0.2) is 0 Å². The third-order valence-corrected chi connectivity index (χ3v) is 2.80. The number of hydrogen-bond acceptors (Lipinski definition) is 3. The standard InChI is InChI=1S/C12H20N2O2/c1-8(2)11(5-13)12(15)14-6-9(3)16-10(4)7-14/h8-11H,6-7H2,1-4H3/t9-,10+,11?. The van der Waals surface area contributed by atoms with Crippen molar-refractivity contribution in [2.75, 3.05) is 13.1 Å². The van der Waals surface area contributed by atoms with E-state index in [1.165, 1.54) is 0 Å². The first-order valence-corrected chi connectivity index (χ1v) is 5.79. The fourth-order valence-electron chi connectivity index (χ4n) is 2.04. The molecule has 0 spiro atoms. The summed E-state index contributed by atoms with van der Waals surface area (Å²) in [6, 6.07) is 2.10. The summed E-state index contributed by atoms with van der Waals surface area (Å²) in [7, 11) is 0. The summed E-state index contributed by atoms with van der Waals surface area (Å²) in [5, 5.41) is 9.00. The molecule has 1 aliphatic rings.